The van der Waals surface area contributed by atoms with E-state index in [0.717, 1.165) is 13.1 Å². The van der Waals surface area contributed by atoms with Gasteiger partial charge in [-0.05, 0) is 19.9 Å². The standard InChI is InChI=1S/C14H19N3O4/c1-9-6-16(7-10(2)21-9)8-12-4-3-11(14(15)18)5-13(12)17(19)20/h3-5,9-10H,6-8H2,1-2H3,(H2,15,18)/t9-,10+. The fourth-order valence-electron chi connectivity index (χ4n) is 2.68. The largest absolute Gasteiger partial charge is 0.373 e. The predicted octanol–water partition coefficient (Wildman–Crippen LogP) is 1.30. The third-order valence-corrected chi connectivity index (χ3v) is 3.46. The third-order valence-electron chi connectivity index (χ3n) is 3.46. The minimum atomic E-state index is -0.668. The zero-order chi connectivity index (χ0) is 15.6. The van der Waals surface area contributed by atoms with E-state index >= 15 is 0 Å². The van der Waals surface area contributed by atoms with Crippen molar-refractivity contribution in [3.8, 4) is 0 Å². The summed E-state index contributed by atoms with van der Waals surface area (Å²) in [5, 5.41) is 11.2. The van der Waals surface area contributed by atoms with Crippen molar-refractivity contribution in [3.05, 3.63) is 39.4 Å². The van der Waals surface area contributed by atoms with Crippen molar-refractivity contribution in [2.75, 3.05) is 13.1 Å². The van der Waals surface area contributed by atoms with Gasteiger partial charge in [-0.15, -0.1) is 0 Å². The Bertz CT molecular complexity index is 551. The number of amides is 1. The van der Waals surface area contributed by atoms with Crippen LogP contribution < -0.4 is 5.73 Å². The number of hydrogen-bond donors (Lipinski definition) is 1. The van der Waals surface area contributed by atoms with Gasteiger partial charge in [0.15, 0.2) is 0 Å². The SMILES string of the molecule is C[C@@H]1CN(Cc2ccc(C(N)=O)cc2[N+](=O)[O-])C[C@H](C)O1. The van der Waals surface area contributed by atoms with Gasteiger partial charge in [0, 0.05) is 36.8 Å². The molecular weight excluding hydrogens is 274 g/mol. The van der Waals surface area contributed by atoms with Crippen LogP contribution in [0.1, 0.15) is 29.8 Å². The van der Waals surface area contributed by atoms with E-state index in [1.165, 1.54) is 12.1 Å². The number of nitro groups is 1. The van der Waals surface area contributed by atoms with E-state index in [1.54, 1.807) is 6.07 Å². The second-order valence-electron chi connectivity index (χ2n) is 5.42. The Balaban J connectivity index is 2.23. The molecule has 1 saturated heterocycles. The second-order valence-corrected chi connectivity index (χ2v) is 5.42. The van der Waals surface area contributed by atoms with E-state index in [2.05, 4.69) is 4.90 Å². The van der Waals surface area contributed by atoms with Crippen LogP contribution in [0, 0.1) is 10.1 Å². The molecule has 1 aromatic carbocycles. The first kappa shape index (κ1) is 15.4. The number of primary amides is 1. The Kier molecular flexibility index (Phi) is 4.54. The average Bonchev–Trinajstić information content (AvgIpc) is 2.37. The number of nitrogens with zero attached hydrogens (tertiary/aromatic N) is 2. The van der Waals surface area contributed by atoms with Gasteiger partial charge in [-0.2, -0.15) is 0 Å². The van der Waals surface area contributed by atoms with Crippen molar-refractivity contribution in [2.24, 2.45) is 5.73 Å². The minimum absolute atomic E-state index is 0.0712. The Hall–Kier alpha value is -1.99. The molecule has 0 aromatic heterocycles. The van der Waals surface area contributed by atoms with Crippen LogP contribution >= 0.6 is 0 Å². The number of hydrogen-bond acceptors (Lipinski definition) is 5. The highest BCUT2D eigenvalue weighted by Crippen LogP contribution is 2.23. The maximum Gasteiger partial charge on any atom is 0.274 e. The lowest BCUT2D eigenvalue weighted by Crippen LogP contribution is -2.44. The molecule has 1 amide bonds. The average molecular weight is 293 g/mol. The fraction of sp³-hybridized carbons (Fsp3) is 0.500. The van der Waals surface area contributed by atoms with Crippen molar-refractivity contribution in [1.29, 1.82) is 0 Å². The zero-order valence-corrected chi connectivity index (χ0v) is 12.1. The Morgan fingerprint density at radius 3 is 2.57 bits per heavy atom. The number of ether oxygens (including phenoxy) is 1. The molecule has 0 aliphatic carbocycles. The molecule has 7 nitrogen and oxygen atoms in total. The van der Waals surface area contributed by atoms with Crippen LogP contribution in [-0.2, 0) is 11.3 Å². The molecule has 7 heteroatoms. The van der Waals surface area contributed by atoms with Gasteiger partial charge < -0.3 is 10.5 Å². The van der Waals surface area contributed by atoms with E-state index in [1.807, 2.05) is 13.8 Å². The molecule has 0 spiro atoms. The number of benzene rings is 1. The van der Waals surface area contributed by atoms with Crippen LogP contribution in [0.15, 0.2) is 18.2 Å². The van der Waals surface area contributed by atoms with Gasteiger partial charge in [0.25, 0.3) is 5.69 Å². The number of carbonyl (C=O) groups is 1. The highest BCUT2D eigenvalue weighted by molar-refractivity contribution is 5.93. The summed E-state index contributed by atoms with van der Waals surface area (Å²) in [6.45, 7) is 5.85. The van der Waals surface area contributed by atoms with E-state index in [9.17, 15) is 14.9 Å². The van der Waals surface area contributed by atoms with Gasteiger partial charge in [0.2, 0.25) is 5.91 Å². The molecule has 1 heterocycles. The molecule has 1 aliphatic rings. The number of carbonyl (C=O) groups excluding carboxylic acids is 1. The lowest BCUT2D eigenvalue weighted by molar-refractivity contribution is -0.385. The molecule has 2 N–H and O–H groups in total. The first-order chi connectivity index (χ1) is 9.86. The van der Waals surface area contributed by atoms with Crippen molar-refractivity contribution < 1.29 is 14.5 Å². The van der Waals surface area contributed by atoms with E-state index in [0.29, 0.717) is 12.1 Å². The normalized spacial score (nSPS) is 23.0. The molecule has 114 valence electrons. The van der Waals surface area contributed by atoms with Crippen molar-refractivity contribution >= 4 is 11.6 Å². The maximum absolute atomic E-state index is 11.2. The van der Waals surface area contributed by atoms with Crippen LogP contribution in [0.3, 0.4) is 0 Å². The van der Waals surface area contributed by atoms with Gasteiger partial charge in [-0.3, -0.25) is 19.8 Å². The molecule has 1 aliphatic heterocycles. The quantitative estimate of drug-likeness (QED) is 0.666. The summed E-state index contributed by atoms with van der Waals surface area (Å²) < 4.78 is 5.65. The van der Waals surface area contributed by atoms with Gasteiger partial charge in [0.1, 0.15) is 0 Å². The topological polar surface area (TPSA) is 98.7 Å². The van der Waals surface area contributed by atoms with Crippen molar-refractivity contribution in [1.82, 2.24) is 4.90 Å². The number of nitro benzene ring substituents is 1. The third kappa shape index (κ3) is 3.77. The summed E-state index contributed by atoms with van der Waals surface area (Å²) >= 11 is 0. The summed E-state index contributed by atoms with van der Waals surface area (Å²) in [4.78, 5) is 24.0. The lowest BCUT2D eigenvalue weighted by Gasteiger charge is -2.35. The minimum Gasteiger partial charge on any atom is -0.373 e. The van der Waals surface area contributed by atoms with Gasteiger partial charge >= 0.3 is 0 Å². The van der Waals surface area contributed by atoms with E-state index < -0.39 is 10.8 Å². The molecular formula is C14H19N3O4. The fourth-order valence-corrected chi connectivity index (χ4v) is 2.68. The summed E-state index contributed by atoms with van der Waals surface area (Å²) in [5.41, 5.74) is 5.82. The molecule has 0 radical (unpaired) electrons. The molecule has 1 fully saturated rings. The van der Waals surface area contributed by atoms with E-state index in [4.69, 9.17) is 10.5 Å². The van der Waals surface area contributed by atoms with Crippen molar-refractivity contribution in [2.45, 2.75) is 32.6 Å². The molecule has 2 rings (SSSR count). The van der Waals surface area contributed by atoms with Crippen LogP contribution in [0.4, 0.5) is 5.69 Å². The number of nitrogens with two attached hydrogens (primary N) is 1. The Morgan fingerprint density at radius 1 is 1.43 bits per heavy atom. The number of rotatable bonds is 4. The van der Waals surface area contributed by atoms with Crippen molar-refractivity contribution in [3.63, 3.8) is 0 Å². The van der Waals surface area contributed by atoms with Gasteiger partial charge in [-0.25, -0.2) is 0 Å². The highest BCUT2D eigenvalue weighted by Gasteiger charge is 2.25. The van der Waals surface area contributed by atoms with Crippen LogP contribution in [0.25, 0.3) is 0 Å². The maximum atomic E-state index is 11.2. The second kappa shape index (κ2) is 6.19. The molecule has 0 saturated carbocycles. The molecule has 0 bridgehead atoms. The summed E-state index contributed by atoms with van der Waals surface area (Å²) in [5.74, 6) is -0.668. The van der Waals surface area contributed by atoms with Crippen LogP contribution in [-0.4, -0.2) is 41.0 Å². The Morgan fingerprint density at radius 2 is 2.05 bits per heavy atom. The smallest absolute Gasteiger partial charge is 0.274 e. The lowest BCUT2D eigenvalue weighted by atomic mass is 10.1. The monoisotopic (exact) mass is 293 g/mol. The summed E-state index contributed by atoms with van der Waals surface area (Å²) in [7, 11) is 0. The van der Waals surface area contributed by atoms with Crippen LogP contribution in [0.2, 0.25) is 0 Å². The Labute approximate surface area is 122 Å². The first-order valence-electron chi connectivity index (χ1n) is 6.81. The van der Waals surface area contributed by atoms with Crippen LogP contribution in [0.5, 0.6) is 0 Å². The molecule has 2 atom stereocenters. The molecule has 0 unspecified atom stereocenters. The first-order valence-corrected chi connectivity index (χ1v) is 6.81. The van der Waals surface area contributed by atoms with Gasteiger partial charge in [0.05, 0.1) is 17.1 Å². The van der Waals surface area contributed by atoms with Gasteiger partial charge in [-0.1, -0.05) is 6.07 Å². The molecule has 21 heavy (non-hydrogen) atoms. The predicted molar refractivity (Wildman–Crippen MR) is 76.9 cm³/mol. The van der Waals surface area contributed by atoms with E-state index in [-0.39, 0.29) is 23.5 Å². The molecule has 1 aromatic rings. The highest BCUT2D eigenvalue weighted by atomic mass is 16.6. The summed E-state index contributed by atoms with van der Waals surface area (Å²) in [6.07, 6.45) is 0.190. The zero-order valence-electron chi connectivity index (χ0n) is 12.1. The number of morpholine rings is 1. The summed E-state index contributed by atoms with van der Waals surface area (Å²) in [6, 6.07) is 4.37.